The minimum atomic E-state index is -0.531. The molecule has 2 rings (SSSR count). The number of aromatic nitrogens is 2. The summed E-state index contributed by atoms with van der Waals surface area (Å²) in [6.45, 7) is 2.14. The zero-order valence-electron chi connectivity index (χ0n) is 10.3. The number of thioether (sulfide) groups is 1. The number of benzene rings is 1. The molecule has 1 heterocycles. The Labute approximate surface area is 109 Å². The molecule has 0 saturated carbocycles. The van der Waals surface area contributed by atoms with Crippen molar-refractivity contribution in [3.8, 4) is 0 Å². The molecule has 96 valence electrons. The summed E-state index contributed by atoms with van der Waals surface area (Å²) in [4.78, 5) is 19.6. The van der Waals surface area contributed by atoms with E-state index in [1.54, 1.807) is 11.8 Å². The molecule has 0 saturated heterocycles. The number of carbonyl (C=O) groups is 1. The van der Waals surface area contributed by atoms with Crippen molar-refractivity contribution < 1.29 is 9.53 Å². The summed E-state index contributed by atoms with van der Waals surface area (Å²) in [5, 5.41) is 2.53. The van der Waals surface area contributed by atoms with E-state index in [1.807, 2.05) is 18.2 Å². The van der Waals surface area contributed by atoms with Crippen molar-refractivity contribution in [2.75, 3.05) is 18.2 Å². The molecule has 0 spiro atoms. The number of anilines is 1. The Balaban J connectivity index is 2.29. The van der Waals surface area contributed by atoms with Crippen LogP contribution in [0.4, 0.5) is 10.7 Å². The van der Waals surface area contributed by atoms with Gasteiger partial charge in [0.1, 0.15) is 5.52 Å². The van der Waals surface area contributed by atoms with Gasteiger partial charge in [0.15, 0.2) is 0 Å². The first-order chi connectivity index (χ1) is 8.74. The van der Waals surface area contributed by atoms with Crippen molar-refractivity contribution in [2.45, 2.75) is 18.2 Å². The average Bonchev–Trinajstić information content (AvgIpc) is 2.78. The first-order valence-corrected chi connectivity index (χ1v) is 6.69. The summed E-state index contributed by atoms with van der Waals surface area (Å²) in [6, 6.07) is 5.94. The Morgan fingerprint density at radius 3 is 3.11 bits per heavy atom. The first kappa shape index (κ1) is 12.8. The maximum Gasteiger partial charge on any atom is 0.413 e. The number of hydrogen-bond acceptors (Lipinski definition) is 4. The Morgan fingerprint density at radius 2 is 2.39 bits per heavy atom. The van der Waals surface area contributed by atoms with Crippen molar-refractivity contribution in [1.29, 1.82) is 0 Å². The maximum atomic E-state index is 11.1. The molecule has 2 N–H and O–H groups in total. The van der Waals surface area contributed by atoms with Crippen LogP contribution in [0.25, 0.3) is 11.0 Å². The summed E-state index contributed by atoms with van der Waals surface area (Å²) in [6.07, 6.45) is 0.579. The van der Waals surface area contributed by atoms with Gasteiger partial charge in [0.05, 0.1) is 12.6 Å². The molecule has 0 fully saturated rings. The zero-order chi connectivity index (χ0) is 13.0. The lowest BCUT2D eigenvalue weighted by Gasteiger charge is -1.99. The van der Waals surface area contributed by atoms with Crippen LogP contribution in [0.1, 0.15) is 13.3 Å². The predicted octanol–water partition coefficient (Wildman–Crippen LogP) is 3.24. The van der Waals surface area contributed by atoms with Gasteiger partial charge in [-0.15, -0.1) is 11.8 Å². The second kappa shape index (κ2) is 5.77. The summed E-state index contributed by atoms with van der Waals surface area (Å²) in [5.41, 5.74) is 1.78. The summed E-state index contributed by atoms with van der Waals surface area (Å²) < 4.78 is 4.53. The topological polar surface area (TPSA) is 67.0 Å². The van der Waals surface area contributed by atoms with Gasteiger partial charge in [-0.05, 0) is 24.3 Å². The van der Waals surface area contributed by atoms with Gasteiger partial charge in [-0.2, -0.15) is 0 Å². The van der Waals surface area contributed by atoms with Crippen LogP contribution in [0.2, 0.25) is 0 Å². The van der Waals surface area contributed by atoms with Crippen LogP contribution in [0.15, 0.2) is 23.1 Å². The van der Waals surface area contributed by atoms with Crippen LogP contribution in [-0.2, 0) is 4.74 Å². The molecule has 5 nitrogen and oxygen atoms in total. The number of ether oxygens (including phenoxy) is 1. The molecule has 0 aliphatic carbocycles. The highest BCUT2D eigenvalue weighted by Crippen LogP contribution is 2.27. The SMILES string of the molecule is CCCSc1cccc2[nH]c(NC(=O)OC)nc12. The van der Waals surface area contributed by atoms with E-state index in [9.17, 15) is 4.79 Å². The largest absolute Gasteiger partial charge is 0.453 e. The molecule has 18 heavy (non-hydrogen) atoms. The second-order valence-corrected chi connectivity index (χ2v) is 4.84. The van der Waals surface area contributed by atoms with Gasteiger partial charge < -0.3 is 9.72 Å². The fourth-order valence-electron chi connectivity index (χ4n) is 1.54. The smallest absolute Gasteiger partial charge is 0.413 e. The van der Waals surface area contributed by atoms with Crippen molar-refractivity contribution in [2.24, 2.45) is 0 Å². The molecule has 0 unspecified atom stereocenters. The van der Waals surface area contributed by atoms with Gasteiger partial charge >= 0.3 is 6.09 Å². The van der Waals surface area contributed by atoms with Crippen LogP contribution in [0.3, 0.4) is 0 Å². The van der Waals surface area contributed by atoms with Crippen molar-refractivity contribution in [3.63, 3.8) is 0 Å². The van der Waals surface area contributed by atoms with Gasteiger partial charge in [-0.1, -0.05) is 13.0 Å². The number of imidazole rings is 1. The summed E-state index contributed by atoms with van der Waals surface area (Å²) in [5.74, 6) is 1.45. The zero-order valence-corrected chi connectivity index (χ0v) is 11.1. The molecule has 6 heteroatoms. The number of hydrogen-bond donors (Lipinski definition) is 2. The Bertz CT molecular complexity index is 553. The van der Waals surface area contributed by atoms with Crippen molar-refractivity contribution in [3.05, 3.63) is 18.2 Å². The van der Waals surface area contributed by atoms with Gasteiger partial charge in [0, 0.05) is 4.90 Å². The third-order valence-electron chi connectivity index (χ3n) is 2.34. The molecular formula is C12H15N3O2S. The summed E-state index contributed by atoms with van der Waals surface area (Å²) in [7, 11) is 1.32. The number of nitrogens with zero attached hydrogens (tertiary/aromatic N) is 1. The standard InChI is InChI=1S/C12H15N3O2S/c1-3-7-18-9-6-4-5-8-10(9)14-11(13-8)15-12(16)17-2/h4-6H,3,7H2,1-2H3,(H2,13,14,15,16). The number of aromatic amines is 1. The minimum absolute atomic E-state index is 0.404. The van der Waals surface area contributed by atoms with Crippen LogP contribution in [0, 0.1) is 0 Å². The van der Waals surface area contributed by atoms with E-state index in [0.29, 0.717) is 5.95 Å². The lowest BCUT2D eigenvalue weighted by molar-refractivity contribution is 0.186. The number of carbonyl (C=O) groups excluding carboxylic acids is 1. The highest BCUT2D eigenvalue weighted by Gasteiger charge is 2.09. The maximum absolute atomic E-state index is 11.1. The fourth-order valence-corrected chi connectivity index (χ4v) is 2.43. The second-order valence-electron chi connectivity index (χ2n) is 3.70. The fraction of sp³-hybridized carbons (Fsp3) is 0.333. The van der Waals surface area contributed by atoms with Crippen LogP contribution >= 0.6 is 11.8 Å². The molecule has 0 aliphatic heterocycles. The molecule has 1 aromatic carbocycles. The van der Waals surface area contributed by atoms with Crippen molar-refractivity contribution in [1.82, 2.24) is 9.97 Å². The number of para-hydroxylation sites is 1. The molecule has 0 atom stereocenters. The van der Waals surface area contributed by atoms with Gasteiger partial charge in [0.2, 0.25) is 5.95 Å². The molecule has 0 bridgehead atoms. The molecular weight excluding hydrogens is 250 g/mol. The minimum Gasteiger partial charge on any atom is -0.453 e. The molecule has 2 aromatic rings. The van der Waals surface area contributed by atoms with Crippen LogP contribution in [-0.4, -0.2) is 28.9 Å². The van der Waals surface area contributed by atoms with E-state index < -0.39 is 6.09 Å². The third kappa shape index (κ3) is 2.76. The Hall–Kier alpha value is -1.69. The molecule has 1 aromatic heterocycles. The number of rotatable bonds is 4. The monoisotopic (exact) mass is 265 g/mol. The number of fused-ring (bicyclic) bond motifs is 1. The van der Waals surface area contributed by atoms with E-state index >= 15 is 0 Å². The lowest BCUT2D eigenvalue weighted by atomic mass is 10.3. The number of nitrogens with one attached hydrogen (secondary N) is 2. The first-order valence-electron chi connectivity index (χ1n) is 5.71. The van der Waals surface area contributed by atoms with Crippen LogP contribution < -0.4 is 5.32 Å². The molecule has 0 radical (unpaired) electrons. The molecule has 0 aliphatic rings. The molecule has 1 amide bonds. The summed E-state index contributed by atoms with van der Waals surface area (Å²) >= 11 is 1.76. The number of amides is 1. The van der Waals surface area contributed by atoms with Gasteiger partial charge in [0.25, 0.3) is 0 Å². The Kier molecular flexibility index (Phi) is 4.09. The van der Waals surface area contributed by atoms with E-state index in [0.717, 1.165) is 28.1 Å². The highest BCUT2D eigenvalue weighted by atomic mass is 32.2. The van der Waals surface area contributed by atoms with Gasteiger partial charge in [-0.3, -0.25) is 5.32 Å². The number of methoxy groups -OCH3 is 1. The van der Waals surface area contributed by atoms with Gasteiger partial charge in [-0.25, -0.2) is 9.78 Å². The van der Waals surface area contributed by atoms with E-state index in [-0.39, 0.29) is 0 Å². The lowest BCUT2D eigenvalue weighted by Crippen LogP contribution is -2.11. The highest BCUT2D eigenvalue weighted by molar-refractivity contribution is 7.99. The van der Waals surface area contributed by atoms with Crippen molar-refractivity contribution >= 4 is 34.8 Å². The van der Waals surface area contributed by atoms with E-state index in [1.165, 1.54) is 7.11 Å². The third-order valence-corrected chi connectivity index (χ3v) is 3.60. The van der Waals surface area contributed by atoms with Crippen LogP contribution in [0.5, 0.6) is 0 Å². The Morgan fingerprint density at radius 1 is 1.56 bits per heavy atom. The van der Waals surface area contributed by atoms with E-state index in [4.69, 9.17) is 0 Å². The number of H-pyrrole nitrogens is 1. The average molecular weight is 265 g/mol. The van der Waals surface area contributed by atoms with E-state index in [2.05, 4.69) is 26.9 Å². The normalized spacial score (nSPS) is 10.6. The quantitative estimate of drug-likeness (QED) is 0.833. The predicted molar refractivity (Wildman–Crippen MR) is 73.1 cm³/mol.